The molecule has 0 aromatic heterocycles. The van der Waals surface area contributed by atoms with Crippen molar-refractivity contribution in [2.24, 2.45) is 0 Å². The minimum Gasteiger partial charge on any atom is -0.759 e. The second kappa shape index (κ2) is 21.7. The zero-order valence-corrected chi connectivity index (χ0v) is 21.7. The second-order valence-electron chi connectivity index (χ2n) is 4.84. The molecule has 24 heavy (non-hydrogen) atoms. The third-order valence-corrected chi connectivity index (χ3v) is 3.19. The Hall–Kier alpha value is 2.38. The zero-order chi connectivity index (χ0) is 17.5. The van der Waals surface area contributed by atoms with Crippen molar-refractivity contribution in [2.45, 2.75) is 71.1 Å². The zero-order valence-electron chi connectivity index (χ0n) is 14.9. The van der Waals surface area contributed by atoms with E-state index >= 15 is 0 Å². The van der Waals surface area contributed by atoms with E-state index in [0.29, 0.717) is 6.42 Å². The van der Waals surface area contributed by atoms with Gasteiger partial charge in [0.05, 0.1) is 6.61 Å². The smallest absolute Gasteiger partial charge is 0.759 e. The molecule has 0 rings (SSSR count). The van der Waals surface area contributed by atoms with Crippen LogP contribution in [0.4, 0.5) is 0 Å². The standard InChI is InChI=1S/C12H26O4S.K.Na.H2O4S/c1-2-3-4-5-6-7-8-9-10-11-12-16-17(13,14)15;;;1-5(2,3)4/h2-12H2,1H3,(H,13,14,15);;;(H2,1,2,3,4)/q;2*+1;/p-2. The quantitative estimate of drug-likeness (QED) is 0.146. The molecule has 0 spiro atoms. The van der Waals surface area contributed by atoms with Gasteiger partial charge in [0, 0.05) is 10.4 Å². The maximum absolute atomic E-state index is 10.2. The Labute approximate surface area is 211 Å². The van der Waals surface area contributed by atoms with E-state index in [-0.39, 0.29) is 87.5 Å². The monoisotopic (exact) mass is 424 g/mol. The summed E-state index contributed by atoms with van der Waals surface area (Å²) in [5.41, 5.74) is 0. The van der Waals surface area contributed by atoms with E-state index in [1.807, 2.05) is 0 Å². The predicted octanol–water partition coefficient (Wildman–Crippen LogP) is -3.60. The van der Waals surface area contributed by atoms with Crippen LogP contribution in [-0.4, -0.2) is 37.1 Å². The Bertz CT molecular complexity index is 434. The SMILES string of the molecule is CCCCCCCCCCCCOS(=O)(=O)O.O=S(=O)([O-])[O-].[K+].[Na+]. The predicted molar refractivity (Wildman–Crippen MR) is 79.8 cm³/mol. The van der Waals surface area contributed by atoms with Crippen molar-refractivity contribution in [3.8, 4) is 0 Å². The van der Waals surface area contributed by atoms with Crippen molar-refractivity contribution in [1.29, 1.82) is 0 Å². The number of hydrogen-bond donors (Lipinski definition) is 1. The van der Waals surface area contributed by atoms with Gasteiger partial charge in [0.25, 0.3) is 0 Å². The van der Waals surface area contributed by atoms with Crippen molar-refractivity contribution >= 4 is 20.8 Å². The molecule has 0 unspecified atom stereocenters. The van der Waals surface area contributed by atoms with Gasteiger partial charge in [0.1, 0.15) is 0 Å². The Balaban J connectivity index is -0.000000250. The Morgan fingerprint density at radius 3 is 1.38 bits per heavy atom. The van der Waals surface area contributed by atoms with Crippen molar-refractivity contribution in [2.75, 3.05) is 6.61 Å². The summed E-state index contributed by atoms with van der Waals surface area (Å²) in [5.74, 6) is 0. The summed E-state index contributed by atoms with van der Waals surface area (Å²) in [7, 11) is -9.40. The molecule has 0 aromatic rings. The van der Waals surface area contributed by atoms with Crippen molar-refractivity contribution < 1.29 is 116 Å². The molecule has 0 amide bonds. The second-order valence-corrected chi connectivity index (χ2v) is 6.75. The molecular formula is C12H26KNaO8S2. The first-order chi connectivity index (χ1) is 10.1. The normalized spacial score (nSPS) is 10.8. The van der Waals surface area contributed by atoms with Crippen molar-refractivity contribution in [1.82, 2.24) is 0 Å². The van der Waals surface area contributed by atoms with Gasteiger partial charge in [-0.25, -0.2) is 4.18 Å². The summed E-state index contributed by atoms with van der Waals surface area (Å²) in [6.45, 7) is 2.31. The van der Waals surface area contributed by atoms with E-state index in [2.05, 4.69) is 11.1 Å². The van der Waals surface area contributed by atoms with Gasteiger partial charge < -0.3 is 9.11 Å². The summed E-state index contributed by atoms with van der Waals surface area (Å²) in [5, 5.41) is 0. The van der Waals surface area contributed by atoms with Crippen LogP contribution in [0, 0.1) is 0 Å². The fraction of sp³-hybridized carbons (Fsp3) is 1.00. The molecule has 1 N–H and O–H groups in total. The fourth-order valence-electron chi connectivity index (χ4n) is 1.75. The molecule has 0 aromatic carbocycles. The van der Waals surface area contributed by atoms with E-state index in [0.717, 1.165) is 12.8 Å². The number of hydrogen-bond acceptors (Lipinski definition) is 7. The average molecular weight is 425 g/mol. The number of unbranched alkanes of at least 4 members (excludes halogenated alkanes) is 9. The van der Waals surface area contributed by atoms with Gasteiger partial charge in [-0.2, -0.15) is 8.42 Å². The van der Waals surface area contributed by atoms with Crippen molar-refractivity contribution in [3.05, 3.63) is 0 Å². The summed E-state index contributed by atoms with van der Waals surface area (Å²) in [4.78, 5) is 0. The summed E-state index contributed by atoms with van der Waals surface area (Å²) in [6.07, 6.45) is 11.9. The molecule has 0 saturated carbocycles. The van der Waals surface area contributed by atoms with Crippen LogP contribution in [-0.2, 0) is 25.0 Å². The molecule has 0 aliphatic heterocycles. The van der Waals surface area contributed by atoms with Gasteiger partial charge in [-0.3, -0.25) is 13.0 Å². The van der Waals surface area contributed by atoms with E-state index in [1.54, 1.807) is 0 Å². The van der Waals surface area contributed by atoms with Crippen molar-refractivity contribution in [3.63, 3.8) is 0 Å². The number of rotatable bonds is 12. The third kappa shape index (κ3) is 49.7. The van der Waals surface area contributed by atoms with Gasteiger partial charge in [0.15, 0.2) is 0 Å². The van der Waals surface area contributed by atoms with Gasteiger partial charge in [-0.1, -0.05) is 64.7 Å². The summed E-state index contributed by atoms with van der Waals surface area (Å²) in [6, 6.07) is 0. The van der Waals surface area contributed by atoms with E-state index < -0.39 is 20.8 Å². The molecular weight excluding hydrogens is 398 g/mol. The topological polar surface area (TPSA) is 144 Å². The van der Waals surface area contributed by atoms with Gasteiger partial charge >= 0.3 is 91.3 Å². The summed E-state index contributed by atoms with van der Waals surface area (Å²) >= 11 is 0. The average Bonchev–Trinajstić information content (AvgIpc) is 2.32. The Kier molecular flexibility index (Phi) is 30.6. The van der Waals surface area contributed by atoms with E-state index in [9.17, 15) is 8.42 Å². The molecule has 0 aliphatic carbocycles. The third-order valence-electron chi connectivity index (χ3n) is 2.73. The molecule has 12 heteroatoms. The molecule has 0 saturated heterocycles. The first-order valence-corrected chi connectivity index (χ1v) is 10.0. The van der Waals surface area contributed by atoms with Crippen LogP contribution in [0.5, 0.6) is 0 Å². The van der Waals surface area contributed by atoms with E-state index in [1.165, 1.54) is 44.9 Å². The first kappa shape index (κ1) is 33.9. The molecule has 0 heterocycles. The van der Waals surface area contributed by atoms with Crippen LogP contribution in [0.25, 0.3) is 0 Å². The maximum Gasteiger partial charge on any atom is 1.00 e. The molecule has 8 nitrogen and oxygen atoms in total. The van der Waals surface area contributed by atoms with Crippen LogP contribution in [0.3, 0.4) is 0 Å². The van der Waals surface area contributed by atoms with Gasteiger partial charge in [0.2, 0.25) is 0 Å². The van der Waals surface area contributed by atoms with Crippen LogP contribution in [0.1, 0.15) is 71.1 Å². The van der Waals surface area contributed by atoms with Crippen LogP contribution >= 0.6 is 0 Å². The molecule has 136 valence electrons. The summed E-state index contributed by atoms with van der Waals surface area (Å²) < 4.78 is 67.1. The van der Waals surface area contributed by atoms with Gasteiger partial charge in [-0.05, 0) is 6.42 Å². The molecule has 0 aliphatic rings. The molecule has 0 radical (unpaired) electrons. The minimum absolute atomic E-state index is 0. The van der Waals surface area contributed by atoms with E-state index in [4.69, 9.17) is 22.1 Å². The minimum atomic E-state index is -5.17. The van der Waals surface area contributed by atoms with Crippen LogP contribution in [0.15, 0.2) is 0 Å². The molecule has 0 fully saturated rings. The Morgan fingerprint density at radius 1 is 0.792 bits per heavy atom. The van der Waals surface area contributed by atoms with Gasteiger partial charge in [-0.15, -0.1) is 0 Å². The fourth-order valence-corrected chi connectivity index (χ4v) is 2.08. The Morgan fingerprint density at radius 2 is 1.08 bits per heavy atom. The molecule has 0 atom stereocenters. The van der Waals surface area contributed by atoms with Crippen LogP contribution in [0.2, 0.25) is 0 Å². The largest absolute Gasteiger partial charge is 1.00 e. The first-order valence-electron chi connectivity index (χ1n) is 7.35. The molecule has 0 bridgehead atoms. The van der Waals surface area contributed by atoms with Crippen LogP contribution < -0.4 is 80.9 Å². The maximum atomic E-state index is 10.2.